The van der Waals surface area contributed by atoms with Crippen molar-refractivity contribution in [1.29, 1.82) is 0 Å². The third kappa shape index (κ3) is 1.83. The Balaban J connectivity index is 1.91. The molecule has 3 saturated heterocycles. The molecule has 0 saturated carbocycles. The summed E-state index contributed by atoms with van der Waals surface area (Å²) < 4.78 is 0. The van der Waals surface area contributed by atoms with Gasteiger partial charge >= 0.3 is 0 Å². The van der Waals surface area contributed by atoms with Crippen LogP contribution in [0.4, 0.5) is 0 Å². The van der Waals surface area contributed by atoms with Crippen LogP contribution in [0, 0.1) is 5.92 Å². The van der Waals surface area contributed by atoms with Crippen LogP contribution in [0.15, 0.2) is 5.38 Å². The van der Waals surface area contributed by atoms with E-state index >= 15 is 0 Å². The van der Waals surface area contributed by atoms with Crippen LogP contribution in [-0.2, 0) is 5.54 Å². The number of rotatable bonds is 2. The normalized spacial score (nSPS) is 36.7. The minimum Gasteiger partial charge on any atom is -0.318 e. The smallest absolute Gasteiger partial charge is 0.114 e. The number of piperidine rings is 3. The van der Waals surface area contributed by atoms with Crippen LogP contribution in [0.5, 0.6) is 0 Å². The van der Waals surface area contributed by atoms with E-state index in [-0.39, 0.29) is 5.54 Å². The zero-order valence-electron chi connectivity index (χ0n) is 10.6. The standard InChI is InChI=1S/C13H21N3S/c1-9(2)11-7-17-12(15-11)13(14)8-16-5-3-10(13)4-6-16/h7,9-10H,3-6,8,14H2,1-2H3. The van der Waals surface area contributed by atoms with E-state index in [1.807, 2.05) is 0 Å². The molecule has 2 N–H and O–H groups in total. The fraction of sp³-hybridized carbons (Fsp3) is 0.769. The van der Waals surface area contributed by atoms with Crippen molar-refractivity contribution in [2.24, 2.45) is 11.7 Å². The first kappa shape index (κ1) is 11.6. The van der Waals surface area contributed by atoms with Gasteiger partial charge in [-0.1, -0.05) is 13.8 Å². The van der Waals surface area contributed by atoms with Crippen LogP contribution in [0.1, 0.15) is 43.3 Å². The summed E-state index contributed by atoms with van der Waals surface area (Å²) in [6.07, 6.45) is 2.49. The molecule has 94 valence electrons. The molecule has 4 heteroatoms. The van der Waals surface area contributed by atoms with Gasteiger partial charge in [0.1, 0.15) is 5.01 Å². The summed E-state index contributed by atoms with van der Waals surface area (Å²) >= 11 is 1.76. The van der Waals surface area contributed by atoms with Gasteiger partial charge in [0.25, 0.3) is 0 Å². The van der Waals surface area contributed by atoms with E-state index in [0.29, 0.717) is 11.8 Å². The number of aromatic nitrogens is 1. The van der Waals surface area contributed by atoms with Crippen molar-refractivity contribution >= 4 is 11.3 Å². The van der Waals surface area contributed by atoms with E-state index in [2.05, 4.69) is 24.1 Å². The summed E-state index contributed by atoms with van der Waals surface area (Å²) in [6, 6.07) is 0. The van der Waals surface area contributed by atoms with E-state index in [4.69, 9.17) is 10.7 Å². The maximum Gasteiger partial charge on any atom is 0.114 e. The molecule has 0 spiro atoms. The van der Waals surface area contributed by atoms with Crippen molar-refractivity contribution in [3.05, 3.63) is 16.1 Å². The van der Waals surface area contributed by atoms with Gasteiger partial charge < -0.3 is 10.6 Å². The predicted molar refractivity (Wildman–Crippen MR) is 71.2 cm³/mol. The lowest BCUT2D eigenvalue weighted by atomic mass is 9.74. The Bertz CT molecular complexity index is 407. The third-order valence-corrected chi connectivity index (χ3v) is 5.37. The molecule has 1 unspecified atom stereocenters. The number of hydrogen-bond donors (Lipinski definition) is 1. The van der Waals surface area contributed by atoms with E-state index in [0.717, 1.165) is 11.6 Å². The molecule has 3 aliphatic heterocycles. The molecule has 0 amide bonds. The van der Waals surface area contributed by atoms with Crippen molar-refractivity contribution in [1.82, 2.24) is 9.88 Å². The highest BCUT2D eigenvalue weighted by Gasteiger charge is 2.46. The molecule has 1 aromatic rings. The zero-order chi connectivity index (χ0) is 12.0. The van der Waals surface area contributed by atoms with Gasteiger partial charge in [-0.05, 0) is 37.8 Å². The third-order valence-electron chi connectivity index (χ3n) is 4.31. The Kier molecular flexibility index (Phi) is 2.76. The lowest BCUT2D eigenvalue weighted by molar-refractivity contribution is 0.0265. The Morgan fingerprint density at radius 2 is 2.18 bits per heavy atom. The molecule has 0 aromatic carbocycles. The number of hydrogen-bond acceptors (Lipinski definition) is 4. The molecule has 0 radical (unpaired) electrons. The molecule has 4 heterocycles. The van der Waals surface area contributed by atoms with Crippen molar-refractivity contribution in [3.8, 4) is 0 Å². The van der Waals surface area contributed by atoms with Crippen LogP contribution in [0.2, 0.25) is 0 Å². The van der Waals surface area contributed by atoms with E-state index in [1.54, 1.807) is 11.3 Å². The summed E-state index contributed by atoms with van der Waals surface area (Å²) in [7, 11) is 0. The first-order valence-corrected chi connectivity index (χ1v) is 7.44. The molecule has 17 heavy (non-hydrogen) atoms. The predicted octanol–water partition coefficient (Wildman–Crippen LogP) is 2.15. The Labute approximate surface area is 107 Å². The van der Waals surface area contributed by atoms with Crippen molar-refractivity contribution in [2.75, 3.05) is 19.6 Å². The maximum absolute atomic E-state index is 6.69. The quantitative estimate of drug-likeness (QED) is 0.875. The fourth-order valence-corrected chi connectivity index (χ4v) is 4.28. The Hall–Kier alpha value is -0.450. The Morgan fingerprint density at radius 3 is 2.65 bits per heavy atom. The molecule has 1 aromatic heterocycles. The average Bonchev–Trinajstić information content (AvgIpc) is 2.80. The van der Waals surface area contributed by atoms with Crippen LogP contribution >= 0.6 is 11.3 Å². The summed E-state index contributed by atoms with van der Waals surface area (Å²) in [5.41, 5.74) is 7.71. The molecule has 2 bridgehead atoms. The van der Waals surface area contributed by atoms with Gasteiger partial charge in [0.2, 0.25) is 0 Å². The van der Waals surface area contributed by atoms with Crippen LogP contribution in [0.25, 0.3) is 0 Å². The molecular weight excluding hydrogens is 230 g/mol. The Morgan fingerprint density at radius 1 is 1.47 bits per heavy atom. The highest BCUT2D eigenvalue weighted by molar-refractivity contribution is 7.09. The largest absolute Gasteiger partial charge is 0.318 e. The summed E-state index contributed by atoms with van der Waals surface area (Å²) in [6.45, 7) is 7.85. The molecular formula is C13H21N3S. The maximum atomic E-state index is 6.69. The van der Waals surface area contributed by atoms with Gasteiger partial charge in [0, 0.05) is 11.9 Å². The highest BCUT2D eigenvalue weighted by Crippen LogP contribution is 2.41. The van der Waals surface area contributed by atoms with E-state index in [1.165, 1.54) is 31.6 Å². The highest BCUT2D eigenvalue weighted by atomic mass is 32.1. The van der Waals surface area contributed by atoms with Crippen molar-refractivity contribution in [2.45, 2.75) is 38.1 Å². The minimum atomic E-state index is -0.172. The number of fused-ring (bicyclic) bond motifs is 3. The second-order valence-electron chi connectivity index (χ2n) is 5.82. The molecule has 4 rings (SSSR count). The van der Waals surface area contributed by atoms with Gasteiger partial charge in [-0.2, -0.15) is 0 Å². The van der Waals surface area contributed by atoms with Gasteiger partial charge in [0.15, 0.2) is 0 Å². The molecule has 3 aliphatic rings. The molecule has 3 fully saturated rings. The number of thiazole rings is 1. The fourth-order valence-electron chi connectivity index (χ4n) is 3.11. The van der Waals surface area contributed by atoms with Gasteiger partial charge in [0.05, 0.1) is 11.2 Å². The minimum absolute atomic E-state index is 0.172. The van der Waals surface area contributed by atoms with Crippen molar-refractivity contribution < 1.29 is 0 Å². The number of nitrogens with zero attached hydrogens (tertiary/aromatic N) is 2. The average molecular weight is 251 g/mol. The van der Waals surface area contributed by atoms with Crippen LogP contribution in [-0.4, -0.2) is 29.5 Å². The first-order valence-electron chi connectivity index (χ1n) is 6.57. The van der Waals surface area contributed by atoms with Gasteiger partial charge in [-0.3, -0.25) is 0 Å². The second kappa shape index (κ2) is 4.04. The van der Waals surface area contributed by atoms with Gasteiger partial charge in [-0.25, -0.2) is 4.98 Å². The molecule has 1 atom stereocenters. The van der Waals surface area contributed by atoms with Gasteiger partial charge in [-0.15, -0.1) is 11.3 Å². The monoisotopic (exact) mass is 251 g/mol. The summed E-state index contributed by atoms with van der Waals surface area (Å²) in [5.74, 6) is 1.14. The topological polar surface area (TPSA) is 42.1 Å². The van der Waals surface area contributed by atoms with E-state index < -0.39 is 0 Å². The van der Waals surface area contributed by atoms with E-state index in [9.17, 15) is 0 Å². The lowest BCUT2D eigenvalue weighted by Gasteiger charge is -2.50. The SMILES string of the molecule is CC(C)c1csc(C2(N)CN3CCC2CC3)n1. The summed E-state index contributed by atoms with van der Waals surface area (Å²) in [5, 5.41) is 3.35. The summed E-state index contributed by atoms with van der Waals surface area (Å²) in [4.78, 5) is 7.29. The number of nitrogens with two attached hydrogens (primary N) is 1. The molecule has 0 aliphatic carbocycles. The van der Waals surface area contributed by atoms with Crippen LogP contribution < -0.4 is 5.73 Å². The molecule has 3 nitrogen and oxygen atoms in total. The second-order valence-corrected chi connectivity index (χ2v) is 6.68. The lowest BCUT2D eigenvalue weighted by Crippen LogP contribution is -2.61. The zero-order valence-corrected chi connectivity index (χ0v) is 11.5. The van der Waals surface area contributed by atoms with Crippen molar-refractivity contribution in [3.63, 3.8) is 0 Å². The van der Waals surface area contributed by atoms with Crippen LogP contribution in [0.3, 0.4) is 0 Å². The first-order chi connectivity index (χ1) is 8.09.